The maximum absolute atomic E-state index is 12.9. The summed E-state index contributed by atoms with van der Waals surface area (Å²) in [5.41, 5.74) is -0.626. The van der Waals surface area contributed by atoms with E-state index >= 15 is 0 Å². The molecule has 0 spiro atoms. The van der Waals surface area contributed by atoms with E-state index in [0.717, 1.165) is 44.9 Å². The molecular formula is C28H45NO5. The fraction of sp³-hybridized carbons (Fsp3) is 0.893. The molecule has 0 saturated heterocycles. The minimum atomic E-state index is -0.561. The number of esters is 1. The standard InChI is InChI=1S/C28H45NO5/c1-16(30)21-10-11-22-20-9-8-18-14-19(33-17(2)31)12-13-27(18,6)23(20)15-24(28(21,22)7)29-25(32)34-26(3,4)5/h18-24H,8-15H2,1-7H3,(H,29,32)/t18-,19-,20-,21+,22-,23-,24+,27-,28+/m0/s1. The largest absolute Gasteiger partial charge is 0.463 e. The highest BCUT2D eigenvalue weighted by molar-refractivity contribution is 5.80. The molecule has 0 aromatic carbocycles. The van der Waals surface area contributed by atoms with Crippen LogP contribution >= 0.6 is 0 Å². The predicted octanol–water partition coefficient (Wildman–Crippen LogP) is 5.67. The van der Waals surface area contributed by atoms with Crippen molar-refractivity contribution in [3.8, 4) is 0 Å². The van der Waals surface area contributed by atoms with Gasteiger partial charge in [0.1, 0.15) is 17.5 Å². The lowest BCUT2D eigenvalue weighted by Gasteiger charge is -2.62. The number of carbonyl (C=O) groups is 3. The third-order valence-corrected chi connectivity index (χ3v) is 10.3. The van der Waals surface area contributed by atoms with Gasteiger partial charge in [-0.05, 0) is 108 Å². The second-order valence-corrected chi connectivity index (χ2v) is 13.2. The number of carbonyl (C=O) groups excluding carboxylic acids is 3. The Hall–Kier alpha value is -1.59. The van der Waals surface area contributed by atoms with E-state index in [1.165, 1.54) is 13.3 Å². The van der Waals surface area contributed by atoms with E-state index in [2.05, 4.69) is 19.2 Å². The van der Waals surface area contributed by atoms with Crippen LogP contribution in [0.2, 0.25) is 0 Å². The van der Waals surface area contributed by atoms with Gasteiger partial charge >= 0.3 is 12.1 Å². The zero-order chi connectivity index (χ0) is 25.1. The number of amides is 1. The van der Waals surface area contributed by atoms with Gasteiger partial charge < -0.3 is 14.8 Å². The van der Waals surface area contributed by atoms with Crippen molar-refractivity contribution in [3.63, 3.8) is 0 Å². The fourth-order valence-electron chi connectivity index (χ4n) is 8.88. The SMILES string of the molecule is CC(=O)O[C@H]1CC[C@@]2(C)[C@@H](CC[C@@H]3[C@@H]2C[C@@H](NC(=O)OC(C)(C)C)[C@]2(C)[C@@H](C(C)=O)CC[C@@H]32)C1. The van der Waals surface area contributed by atoms with Crippen LogP contribution in [0.15, 0.2) is 0 Å². The van der Waals surface area contributed by atoms with Crippen LogP contribution in [0, 0.1) is 40.4 Å². The lowest BCUT2D eigenvalue weighted by molar-refractivity contribution is -0.163. The molecule has 4 fully saturated rings. The van der Waals surface area contributed by atoms with Crippen LogP contribution in [0.25, 0.3) is 0 Å². The van der Waals surface area contributed by atoms with Crippen molar-refractivity contribution in [1.82, 2.24) is 5.32 Å². The van der Waals surface area contributed by atoms with Gasteiger partial charge in [-0.15, -0.1) is 0 Å². The first-order valence-corrected chi connectivity index (χ1v) is 13.4. The van der Waals surface area contributed by atoms with Gasteiger partial charge in [0.2, 0.25) is 0 Å². The average molecular weight is 476 g/mol. The number of Topliss-reactive ketones (excluding diaryl/α,β-unsaturated/α-hetero) is 1. The number of alkyl carbamates (subject to hydrolysis) is 1. The van der Waals surface area contributed by atoms with Crippen molar-refractivity contribution in [2.24, 2.45) is 40.4 Å². The smallest absolute Gasteiger partial charge is 0.407 e. The highest BCUT2D eigenvalue weighted by Gasteiger charge is 2.64. The molecular weight excluding hydrogens is 430 g/mol. The monoisotopic (exact) mass is 475 g/mol. The molecule has 6 nitrogen and oxygen atoms in total. The van der Waals surface area contributed by atoms with Crippen molar-refractivity contribution in [1.29, 1.82) is 0 Å². The van der Waals surface area contributed by atoms with Crippen LogP contribution in [-0.4, -0.2) is 35.6 Å². The summed E-state index contributed by atoms with van der Waals surface area (Å²) in [5.74, 6) is 2.10. The quantitative estimate of drug-likeness (QED) is 0.532. The van der Waals surface area contributed by atoms with Crippen molar-refractivity contribution in [2.45, 2.75) is 118 Å². The first kappa shape index (κ1) is 25.5. The summed E-state index contributed by atoms with van der Waals surface area (Å²) >= 11 is 0. The molecule has 4 aliphatic rings. The summed E-state index contributed by atoms with van der Waals surface area (Å²) in [6.07, 6.45) is 7.78. The first-order chi connectivity index (χ1) is 15.8. The van der Waals surface area contributed by atoms with Gasteiger partial charge in [-0.3, -0.25) is 9.59 Å². The molecule has 0 aliphatic heterocycles. The number of ether oxygens (including phenoxy) is 2. The minimum Gasteiger partial charge on any atom is -0.463 e. The third-order valence-electron chi connectivity index (χ3n) is 10.3. The van der Waals surface area contributed by atoms with E-state index < -0.39 is 5.60 Å². The molecule has 4 saturated carbocycles. The molecule has 1 N–H and O–H groups in total. The Balaban J connectivity index is 1.63. The van der Waals surface area contributed by atoms with Crippen LogP contribution in [0.4, 0.5) is 4.79 Å². The second-order valence-electron chi connectivity index (χ2n) is 13.2. The van der Waals surface area contributed by atoms with E-state index in [-0.39, 0.29) is 46.7 Å². The number of ketones is 1. The highest BCUT2D eigenvalue weighted by atomic mass is 16.6. The van der Waals surface area contributed by atoms with Crippen LogP contribution < -0.4 is 5.32 Å². The van der Waals surface area contributed by atoms with E-state index in [1.54, 1.807) is 6.92 Å². The van der Waals surface area contributed by atoms with Crippen LogP contribution in [0.1, 0.15) is 99.8 Å². The molecule has 192 valence electrons. The maximum atomic E-state index is 12.9. The molecule has 34 heavy (non-hydrogen) atoms. The molecule has 0 radical (unpaired) electrons. The number of hydrogen-bond acceptors (Lipinski definition) is 5. The van der Waals surface area contributed by atoms with E-state index in [0.29, 0.717) is 23.7 Å². The lowest BCUT2D eigenvalue weighted by atomic mass is 9.43. The second kappa shape index (κ2) is 8.81. The Bertz CT molecular complexity index is 833. The van der Waals surface area contributed by atoms with Crippen molar-refractivity contribution in [3.05, 3.63) is 0 Å². The van der Waals surface area contributed by atoms with Crippen LogP contribution in [0.5, 0.6) is 0 Å². The molecule has 6 heteroatoms. The Morgan fingerprint density at radius 1 is 0.912 bits per heavy atom. The zero-order valence-electron chi connectivity index (χ0n) is 22.2. The molecule has 0 aromatic rings. The van der Waals surface area contributed by atoms with Gasteiger partial charge in [-0.25, -0.2) is 4.79 Å². The average Bonchev–Trinajstić information content (AvgIpc) is 3.06. The van der Waals surface area contributed by atoms with E-state index in [9.17, 15) is 14.4 Å². The summed E-state index contributed by atoms with van der Waals surface area (Å²) in [4.78, 5) is 37.3. The van der Waals surface area contributed by atoms with Gasteiger partial charge in [0.05, 0.1) is 0 Å². The summed E-state index contributed by atoms with van der Waals surface area (Å²) in [5, 5.41) is 3.27. The molecule has 9 atom stereocenters. The number of hydrogen-bond donors (Lipinski definition) is 1. The van der Waals surface area contributed by atoms with E-state index in [1.807, 2.05) is 20.8 Å². The summed E-state index contributed by atoms with van der Waals surface area (Å²) in [6, 6.07) is -0.0771. The molecule has 0 unspecified atom stereocenters. The van der Waals surface area contributed by atoms with E-state index in [4.69, 9.17) is 9.47 Å². The molecule has 4 aliphatic carbocycles. The minimum absolute atomic E-state index is 0.0105. The summed E-state index contributed by atoms with van der Waals surface area (Å²) in [6.45, 7) is 13.6. The Kier molecular flexibility index (Phi) is 6.61. The first-order valence-electron chi connectivity index (χ1n) is 13.4. The Morgan fingerprint density at radius 2 is 1.62 bits per heavy atom. The number of rotatable bonds is 3. The summed E-state index contributed by atoms with van der Waals surface area (Å²) < 4.78 is 11.3. The van der Waals surface area contributed by atoms with Gasteiger partial charge in [0.15, 0.2) is 0 Å². The zero-order valence-corrected chi connectivity index (χ0v) is 22.2. The Morgan fingerprint density at radius 3 is 2.24 bits per heavy atom. The van der Waals surface area contributed by atoms with Gasteiger partial charge in [0.25, 0.3) is 0 Å². The molecule has 0 aromatic heterocycles. The predicted molar refractivity (Wildman–Crippen MR) is 130 cm³/mol. The third kappa shape index (κ3) is 4.39. The van der Waals surface area contributed by atoms with Gasteiger partial charge in [0, 0.05) is 24.3 Å². The van der Waals surface area contributed by atoms with Crippen molar-refractivity contribution < 1.29 is 23.9 Å². The topological polar surface area (TPSA) is 81.7 Å². The number of nitrogens with one attached hydrogen (secondary N) is 1. The van der Waals surface area contributed by atoms with Crippen molar-refractivity contribution >= 4 is 17.8 Å². The van der Waals surface area contributed by atoms with Crippen LogP contribution in [0.3, 0.4) is 0 Å². The summed E-state index contributed by atoms with van der Waals surface area (Å²) in [7, 11) is 0. The molecule has 0 heterocycles. The van der Waals surface area contributed by atoms with Gasteiger partial charge in [-0.1, -0.05) is 13.8 Å². The number of fused-ring (bicyclic) bond motifs is 5. The maximum Gasteiger partial charge on any atom is 0.407 e. The normalized spacial score (nSPS) is 43.7. The molecule has 1 amide bonds. The van der Waals surface area contributed by atoms with Gasteiger partial charge in [-0.2, -0.15) is 0 Å². The molecule has 0 bridgehead atoms. The van der Waals surface area contributed by atoms with Crippen LogP contribution in [-0.2, 0) is 19.1 Å². The van der Waals surface area contributed by atoms with Crippen molar-refractivity contribution in [2.75, 3.05) is 0 Å². The lowest BCUT2D eigenvalue weighted by Crippen LogP contribution is -2.63. The highest BCUT2D eigenvalue weighted by Crippen LogP contribution is 2.67. The molecule has 4 rings (SSSR count). The Labute approximate surface area is 205 Å². The fourth-order valence-corrected chi connectivity index (χ4v) is 8.88.